The molecule has 0 fully saturated rings. The van der Waals surface area contributed by atoms with Crippen LogP contribution in [0.4, 0.5) is 5.88 Å². The van der Waals surface area contributed by atoms with Crippen molar-refractivity contribution in [3.63, 3.8) is 0 Å². The van der Waals surface area contributed by atoms with Crippen LogP contribution in [0.15, 0.2) is 53.1 Å². The minimum absolute atomic E-state index is 0.188. The van der Waals surface area contributed by atoms with Crippen LogP contribution in [-0.4, -0.2) is 43.8 Å². The molecule has 0 aliphatic heterocycles. The zero-order valence-electron chi connectivity index (χ0n) is 17.1. The third-order valence-corrected chi connectivity index (χ3v) is 4.47. The van der Waals surface area contributed by atoms with E-state index < -0.39 is 0 Å². The lowest BCUT2D eigenvalue weighted by atomic mass is 10.1. The predicted molar refractivity (Wildman–Crippen MR) is 111 cm³/mol. The fourth-order valence-electron chi connectivity index (χ4n) is 2.95. The van der Waals surface area contributed by atoms with Crippen molar-refractivity contribution in [3.05, 3.63) is 59.7 Å². The molecule has 0 aliphatic rings. The van der Waals surface area contributed by atoms with Crippen LogP contribution >= 0.6 is 0 Å². The second kappa shape index (κ2) is 9.25. The summed E-state index contributed by atoms with van der Waals surface area (Å²) in [6, 6.07) is 15.3. The highest BCUT2D eigenvalue weighted by atomic mass is 16.5. The Bertz CT molecular complexity index is 966. The molecule has 0 radical (unpaired) electrons. The number of methoxy groups -OCH3 is 2. The molecule has 3 rings (SSSR count). The van der Waals surface area contributed by atoms with E-state index in [-0.39, 0.29) is 12.5 Å². The number of hydrogen-bond acceptors (Lipinski definition) is 6. The van der Waals surface area contributed by atoms with Crippen LogP contribution in [0.25, 0.3) is 11.3 Å². The van der Waals surface area contributed by atoms with E-state index in [4.69, 9.17) is 14.0 Å². The molecule has 2 aromatic carbocycles. The van der Waals surface area contributed by atoms with Crippen molar-refractivity contribution in [2.75, 3.05) is 33.1 Å². The van der Waals surface area contributed by atoms with E-state index in [1.165, 1.54) is 5.56 Å². The first-order valence-corrected chi connectivity index (χ1v) is 9.21. The molecule has 7 nitrogen and oxygen atoms in total. The van der Waals surface area contributed by atoms with Crippen LogP contribution in [0.1, 0.15) is 11.1 Å². The number of likely N-dealkylation sites (N-methyl/N-ethyl adjacent to an activating group) is 1. The number of aromatic nitrogens is 1. The molecular weight excluding hydrogens is 370 g/mol. The molecule has 1 aromatic heterocycles. The molecule has 1 heterocycles. The first-order chi connectivity index (χ1) is 14.0. The standard InChI is InChI=1S/C22H25N3O4/c1-15-5-7-16(8-6-15)19-12-22(29-24-19)23-21(26)14-25(2)13-17-9-10-18(27-3)11-20(17)28-4/h5-12H,13-14H2,1-4H3,(H,23,26). The third-order valence-electron chi connectivity index (χ3n) is 4.47. The van der Waals surface area contributed by atoms with E-state index in [1.54, 1.807) is 20.3 Å². The quantitative estimate of drug-likeness (QED) is 0.626. The maximum atomic E-state index is 12.4. The second-order valence-electron chi connectivity index (χ2n) is 6.84. The summed E-state index contributed by atoms with van der Waals surface area (Å²) in [5, 5.41) is 6.77. The summed E-state index contributed by atoms with van der Waals surface area (Å²) >= 11 is 0. The molecule has 0 saturated heterocycles. The molecule has 29 heavy (non-hydrogen) atoms. The second-order valence-corrected chi connectivity index (χ2v) is 6.84. The number of nitrogens with one attached hydrogen (secondary N) is 1. The highest BCUT2D eigenvalue weighted by Crippen LogP contribution is 2.25. The van der Waals surface area contributed by atoms with Gasteiger partial charge in [-0.05, 0) is 20.0 Å². The molecule has 152 valence electrons. The van der Waals surface area contributed by atoms with E-state index >= 15 is 0 Å². The van der Waals surface area contributed by atoms with Gasteiger partial charge in [0.1, 0.15) is 17.2 Å². The summed E-state index contributed by atoms with van der Waals surface area (Å²) in [6.45, 7) is 2.76. The van der Waals surface area contributed by atoms with Crippen LogP contribution in [0.5, 0.6) is 11.5 Å². The zero-order valence-corrected chi connectivity index (χ0v) is 17.1. The molecule has 0 unspecified atom stereocenters. The number of hydrogen-bond donors (Lipinski definition) is 1. The first kappa shape index (κ1) is 20.4. The van der Waals surface area contributed by atoms with E-state index in [9.17, 15) is 4.79 Å². The monoisotopic (exact) mass is 395 g/mol. The fraction of sp³-hybridized carbons (Fsp3) is 0.273. The number of nitrogens with zero attached hydrogens (tertiary/aromatic N) is 2. The molecule has 3 aromatic rings. The molecule has 7 heteroatoms. The molecule has 0 atom stereocenters. The van der Waals surface area contributed by atoms with Gasteiger partial charge in [-0.1, -0.05) is 41.1 Å². The lowest BCUT2D eigenvalue weighted by Gasteiger charge is -2.18. The van der Waals surface area contributed by atoms with Gasteiger partial charge < -0.3 is 14.0 Å². The Hall–Kier alpha value is -3.32. The van der Waals surface area contributed by atoms with Gasteiger partial charge in [0.05, 0.1) is 20.8 Å². The Morgan fingerprint density at radius 3 is 2.55 bits per heavy atom. The van der Waals surface area contributed by atoms with Gasteiger partial charge in [-0.3, -0.25) is 15.0 Å². The largest absolute Gasteiger partial charge is 0.497 e. The van der Waals surface area contributed by atoms with E-state index in [1.807, 2.05) is 61.3 Å². The highest BCUT2D eigenvalue weighted by Gasteiger charge is 2.14. The van der Waals surface area contributed by atoms with Gasteiger partial charge in [0, 0.05) is 29.8 Å². The maximum Gasteiger partial charge on any atom is 0.240 e. The Morgan fingerprint density at radius 1 is 1.10 bits per heavy atom. The van der Waals surface area contributed by atoms with Crippen molar-refractivity contribution in [1.82, 2.24) is 10.1 Å². The fourth-order valence-corrected chi connectivity index (χ4v) is 2.95. The van der Waals surface area contributed by atoms with Gasteiger partial charge in [0.2, 0.25) is 11.8 Å². The average molecular weight is 395 g/mol. The lowest BCUT2D eigenvalue weighted by Crippen LogP contribution is -2.29. The normalized spacial score (nSPS) is 10.8. The van der Waals surface area contributed by atoms with Crippen LogP contribution in [0.3, 0.4) is 0 Å². The van der Waals surface area contributed by atoms with Gasteiger partial charge in [-0.2, -0.15) is 0 Å². The van der Waals surface area contributed by atoms with Crippen molar-refractivity contribution < 1.29 is 18.8 Å². The number of carbonyl (C=O) groups is 1. The summed E-state index contributed by atoms with van der Waals surface area (Å²) in [5.74, 6) is 1.57. The SMILES string of the molecule is COc1ccc(CN(C)CC(=O)Nc2cc(-c3ccc(C)cc3)no2)c(OC)c1. The molecule has 0 bridgehead atoms. The van der Waals surface area contributed by atoms with Crippen LogP contribution in [-0.2, 0) is 11.3 Å². The van der Waals surface area contributed by atoms with Gasteiger partial charge in [0.25, 0.3) is 0 Å². The Morgan fingerprint density at radius 2 is 1.86 bits per heavy atom. The predicted octanol–water partition coefficient (Wildman–Crippen LogP) is 3.74. The zero-order chi connectivity index (χ0) is 20.8. The third kappa shape index (κ3) is 5.36. The lowest BCUT2D eigenvalue weighted by molar-refractivity contribution is -0.117. The van der Waals surface area contributed by atoms with Gasteiger partial charge >= 0.3 is 0 Å². The number of aryl methyl sites for hydroxylation is 1. The summed E-state index contributed by atoms with van der Waals surface area (Å²) in [6.07, 6.45) is 0. The number of amides is 1. The van der Waals surface area contributed by atoms with Gasteiger partial charge in [-0.15, -0.1) is 0 Å². The Kier molecular flexibility index (Phi) is 6.51. The highest BCUT2D eigenvalue weighted by molar-refractivity contribution is 5.91. The first-order valence-electron chi connectivity index (χ1n) is 9.21. The molecular formula is C22H25N3O4. The molecule has 1 N–H and O–H groups in total. The average Bonchev–Trinajstić information content (AvgIpc) is 3.16. The molecule has 0 spiro atoms. The van der Waals surface area contributed by atoms with Crippen LogP contribution in [0.2, 0.25) is 0 Å². The van der Waals surface area contributed by atoms with Crippen molar-refractivity contribution in [2.24, 2.45) is 0 Å². The molecule has 0 aliphatic carbocycles. The van der Waals surface area contributed by atoms with Crippen molar-refractivity contribution in [2.45, 2.75) is 13.5 Å². The van der Waals surface area contributed by atoms with Crippen LogP contribution in [0, 0.1) is 6.92 Å². The Balaban J connectivity index is 1.57. The van der Waals surface area contributed by atoms with E-state index in [2.05, 4.69) is 10.5 Å². The number of rotatable bonds is 8. The topological polar surface area (TPSA) is 76.8 Å². The Labute approximate surface area is 170 Å². The summed E-state index contributed by atoms with van der Waals surface area (Å²) in [4.78, 5) is 14.3. The maximum absolute atomic E-state index is 12.4. The summed E-state index contributed by atoms with van der Waals surface area (Å²) in [5.41, 5.74) is 3.74. The molecule has 1 amide bonds. The van der Waals surface area contributed by atoms with Crippen molar-refractivity contribution in [3.8, 4) is 22.8 Å². The number of benzene rings is 2. The van der Waals surface area contributed by atoms with E-state index in [0.29, 0.717) is 18.1 Å². The molecule has 0 saturated carbocycles. The van der Waals surface area contributed by atoms with E-state index in [0.717, 1.165) is 22.6 Å². The summed E-state index contributed by atoms with van der Waals surface area (Å²) in [7, 11) is 5.08. The van der Waals surface area contributed by atoms with Gasteiger partial charge in [0.15, 0.2) is 0 Å². The van der Waals surface area contributed by atoms with Gasteiger partial charge in [-0.25, -0.2) is 0 Å². The van der Waals surface area contributed by atoms with Crippen LogP contribution < -0.4 is 14.8 Å². The van der Waals surface area contributed by atoms with Crippen molar-refractivity contribution in [1.29, 1.82) is 0 Å². The van der Waals surface area contributed by atoms with Crippen molar-refractivity contribution >= 4 is 11.8 Å². The summed E-state index contributed by atoms with van der Waals surface area (Å²) < 4.78 is 15.9. The minimum atomic E-state index is -0.188. The minimum Gasteiger partial charge on any atom is -0.497 e. The number of anilines is 1. The smallest absolute Gasteiger partial charge is 0.240 e. The number of carbonyl (C=O) groups excluding carboxylic acids is 1. The number of ether oxygens (including phenoxy) is 2.